The highest BCUT2D eigenvalue weighted by Gasteiger charge is 2.33. The van der Waals surface area contributed by atoms with E-state index in [0.717, 1.165) is 16.3 Å². The second-order valence-electron chi connectivity index (χ2n) is 6.87. The molecule has 1 heterocycles. The molecule has 27 heavy (non-hydrogen) atoms. The monoisotopic (exact) mass is 379 g/mol. The van der Waals surface area contributed by atoms with Crippen molar-refractivity contribution in [1.29, 1.82) is 0 Å². The van der Waals surface area contributed by atoms with Crippen molar-refractivity contribution in [3.8, 4) is 0 Å². The molecule has 0 radical (unpaired) electrons. The average molecular weight is 379 g/mol. The van der Waals surface area contributed by atoms with Crippen molar-refractivity contribution in [3.63, 3.8) is 0 Å². The molecule has 0 bridgehead atoms. The summed E-state index contributed by atoms with van der Waals surface area (Å²) in [6.07, 6.45) is 0.419. The number of sulfone groups is 1. The minimum atomic E-state index is -3.30. The first-order valence-electron chi connectivity index (χ1n) is 9.10. The SMILES string of the molecule is O=C(c1cccc2ccccc12)N1CC[C@@H](c2ccccc2)S(=O)(=O)CC1. The lowest BCUT2D eigenvalue weighted by Gasteiger charge is -2.21. The Morgan fingerprint density at radius 1 is 0.852 bits per heavy atom. The first kappa shape index (κ1) is 17.7. The van der Waals surface area contributed by atoms with Crippen LogP contribution in [0.4, 0.5) is 0 Å². The Bertz CT molecular complexity index is 1070. The standard InChI is InChI=1S/C22H21NO3S/c24-22(20-12-6-10-17-7-4-5-11-19(17)20)23-14-13-21(27(25,26)16-15-23)18-8-2-1-3-9-18/h1-12,21H,13-16H2/t21-/m0/s1. The second-order valence-corrected chi connectivity index (χ2v) is 9.18. The van der Waals surface area contributed by atoms with E-state index in [1.807, 2.05) is 72.8 Å². The van der Waals surface area contributed by atoms with E-state index < -0.39 is 15.1 Å². The van der Waals surface area contributed by atoms with Gasteiger partial charge < -0.3 is 4.90 Å². The minimum Gasteiger partial charge on any atom is -0.338 e. The zero-order valence-electron chi connectivity index (χ0n) is 14.9. The first-order chi connectivity index (χ1) is 13.1. The zero-order chi connectivity index (χ0) is 18.9. The fourth-order valence-electron chi connectivity index (χ4n) is 3.77. The lowest BCUT2D eigenvalue weighted by molar-refractivity contribution is 0.0768. The Balaban J connectivity index is 1.63. The molecule has 0 aromatic heterocycles. The molecule has 1 aliphatic rings. The van der Waals surface area contributed by atoms with Crippen molar-refractivity contribution in [3.05, 3.63) is 83.9 Å². The molecule has 0 aliphatic carbocycles. The average Bonchev–Trinajstić information content (AvgIpc) is 2.85. The van der Waals surface area contributed by atoms with Crippen molar-refractivity contribution in [2.24, 2.45) is 0 Å². The molecule has 0 saturated carbocycles. The third-order valence-electron chi connectivity index (χ3n) is 5.22. The quantitative estimate of drug-likeness (QED) is 0.680. The third kappa shape index (κ3) is 3.47. The van der Waals surface area contributed by atoms with Gasteiger partial charge in [-0.1, -0.05) is 66.7 Å². The van der Waals surface area contributed by atoms with Crippen LogP contribution in [0, 0.1) is 0 Å². The predicted molar refractivity (Wildman–Crippen MR) is 107 cm³/mol. The van der Waals surface area contributed by atoms with Crippen molar-refractivity contribution < 1.29 is 13.2 Å². The number of amides is 1. The first-order valence-corrected chi connectivity index (χ1v) is 10.8. The smallest absolute Gasteiger partial charge is 0.254 e. The summed E-state index contributed by atoms with van der Waals surface area (Å²) in [4.78, 5) is 14.8. The predicted octanol–water partition coefficient (Wildman–Crippen LogP) is 3.84. The van der Waals surface area contributed by atoms with Gasteiger partial charge in [0.2, 0.25) is 0 Å². The summed E-state index contributed by atoms with van der Waals surface area (Å²) in [5.41, 5.74) is 1.43. The maximum Gasteiger partial charge on any atom is 0.254 e. The van der Waals surface area contributed by atoms with Gasteiger partial charge in [0.25, 0.3) is 5.91 Å². The van der Waals surface area contributed by atoms with Gasteiger partial charge in [-0.05, 0) is 28.8 Å². The van der Waals surface area contributed by atoms with Gasteiger partial charge in [-0.3, -0.25) is 4.79 Å². The van der Waals surface area contributed by atoms with E-state index in [-0.39, 0.29) is 18.2 Å². The van der Waals surface area contributed by atoms with Gasteiger partial charge in [0.15, 0.2) is 9.84 Å². The van der Waals surface area contributed by atoms with Crippen LogP contribution in [-0.2, 0) is 9.84 Å². The fourth-order valence-corrected chi connectivity index (χ4v) is 5.57. The van der Waals surface area contributed by atoms with Crippen molar-refractivity contribution >= 4 is 26.5 Å². The molecule has 4 rings (SSSR count). The molecular formula is C22H21NO3S. The second kappa shape index (κ2) is 7.16. The van der Waals surface area contributed by atoms with Crippen LogP contribution in [0.3, 0.4) is 0 Å². The third-order valence-corrected chi connectivity index (χ3v) is 7.35. The Morgan fingerprint density at radius 3 is 2.37 bits per heavy atom. The van der Waals surface area contributed by atoms with Crippen LogP contribution in [-0.4, -0.2) is 38.1 Å². The van der Waals surface area contributed by atoms with Gasteiger partial charge in [-0.2, -0.15) is 0 Å². The van der Waals surface area contributed by atoms with E-state index in [2.05, 4.69) is 0 Å². The number of carbonyl (C=O) groups excluding carboxylic acids is 1. The van der Waals surface area contributed by atoms with Crippen LogP contribution >= 0.6 is 0 Å². The van der Waals surface area contributed by atoms with Crippen LogP contribution in [0.25, 0.3) is 10.8 Å². The summed E-state index contributed by atoms with van der Waals surface area (Å²) in [5.74, 6) is -0.112. The summed E-state index contributed by atoms with van der Waals surface area (Å²) in [7, 11) is -3.30. The van der Waals surface area contributed by atoms with Gasteiger partial charge in [-0.25, -0.2) is 8.42 Å². The summed E-state index contributed by atoms with van der Waals surface area (Å²) in [5, 5.41) is 1.36. The number of nitrogens with zero attached hydrogens (tertiary/aromatic N) is 1. The number of hydrogen-bond acceptors (Lipinski definition) is 3. The van der Waals surface area contributed by atoms with Crippen molar-refractivity contribution in [1.82, 2.24) is 4.90 Å². The Hall–Kier alpha value is -2.66. The molecule has 0 N–H and O–H groups in total. The van der Waals surface area contributed by atoms with Gasteiger partial charge in [-0.15, -0.1) is 0 Å². The lowest BCUT2D eigenvalue weighted by atomic mass is 10.0. The van der Waals surface area contributed by atoms with Gasteiger partial charge in [0, 0.05) is 18.7 Å². The summed E-state index contributed by atoms with van der Waals surface area (Å²) < 4.78 is 25.6. The molecule has 1 amide bonds. The number of fused-ring (bicyclic) bond motifs is 1. The minimum absolute atomic E-state index is 0.0108. The maximum absolute atomic E-state index is 13.2. The molecule has 1 aliphatic heterocycles. The lowest BCUT2D eigenvalue weighted by Crippen LogP contribution is -2.33. The molecule has 0 spiro atoms. The van der Waals surface area contributed by atoms with Crippen LogP contribution in [0.5, 0.6) is 0 Å². The summed E-state index contributed by atoms with van der Waals surface area (Å²) in [6, 6.07) is 22.7. The van der Waals surface area contributed by atoms with E-state index in [1.54, 1.807) is 4.90 Å². The Kier molecular flexibility index (Phi) is 4.70. The van der Waals surface area contributed by atoms with Gasteiger partial charge >= 0.3 is 0 Å². The molecule has 3 aromatic rings. The molecule has 138 valence electrons. The van der Waals surface area contributed by atoms with E-state index >= 15 is 0 Å². The molecule has 5 heteroatoms. The van der Waals surface area contributed by atoms with E-state index in [0.29, 0.717) is 18.5 Å². The van der Waals surface area contributed by atoms with E-state index in [4.69, 9.17) is 0 Å². The number of hydrogen-bond donors (Lipinski definition) is 0. The molecule has 0 unspecified atom stereocenters. The van der Waals surface area contributed by atoms with E-state index in [1.165, 1.54) is 0 Å². The van der Waals surface area contributed by atoms with Gasteiger partial charge in [0.05, 0.1) is 11.0 Å². The number of carbonyl (C=O) groups is 1. The highest BCUT2D eigenvalue weighted by molar-refractivity contribution is 7.91. The number of rotatable bonds is 2. The van der Waals surface area contributed by atoms with Crippen LogP contribution in [0.1, 0.15) is 27.6 Å². The zero-order valence-corrected chi connectivity index (χ0v) is 15.7. The highest BCUT2D eigenvalue weighted by atomic mass is 32.2. The largest absolute Gasteiger partial charge is 0.338 e. The number of benzene rings is 3. The van der Waals surface area contributed by atoms with Crippen molar-refractivity contribution in [2.75, 3.05) is 18.8 Å². The molecule has 4 nitrogen and oxygen atoms in total. The highest BCUT2D eigenvalue weighted by Crippen LogP contribution is 2.30. The summed E-state index contributed by atoms with van der Waals surface area (Å²) >= 11 is 0. The van der Waals surface area contributed by atoms with Crippen LogP contribution in [0.15, 0.2) is 72.8 Å². The normalized spacial score (nSPS) is 19.6. The van der Waals surface area contributed by atoms with E-state index in [9.17, 15) is 13.2 Å². The molecule has 1 fully saturated rings. The molecule has 1 atom stereocenters. The van der Waals surface area contributed by atoms with Crippen LogP contribution < -0.4 is 0 Å². The fraction of sp³-hybridized carbons (Fsp3) is 0.227. The Morgan fingerprint density at radius 2 is 1.56 bits per heavy atom. The van der Waals surface area contributed by atoms with Crippen molar-refractivity contribution in [2.45, 2.75) is 11.7 Å². The topological polar surface area (TPSA) is 54.5 Å². The molecular weight excluding hydrogens is 358 g/mol. The molecule has 3 aromatic carbocycles. The van der Waals surface area contributed by atoms with Crippen LogP contribution in [0.2, 0.25) is 0 Å². The molecule has 1 saturated heterocycles. The Labute approximate surface area is 159 Å². The maximum atomic E-state index is 13.2. The van der Waals surface area contributed by atoms with Gasteiger partial charge in [0.1, 0.15) is 0 Å². The summed E-state index contributed by atoms with van der Waals surface area (Å²) in [6.45, 7) is 0.661.